The lowest BCUT2D eigenvalue weighted by molar-refractivity contribution is -0.281. The fourth-order valence-corrected chi connectivity index (χ4v) is 3.84. The molecular weight excluding hydrogens is 282 g/mol. The minimum atomic E-state index is -0.689. The molecule has 22 heavy (non-hydrogen) atoms. The average molecular weight is 305 g/mol. The van der Waals surface area contributed by atoms with Crippen LogP contribution in [0.15, 0.2) is 30.3 Å². The first-order chi connectivity index (χ1) is 10.5. The first-order valence-corrected chi connectivity index (χ1v) is 7.96. The zero-order chi connectivity index (χ0) is 15.4. The molecule has 4 rings (SSSR count). The Morgan fingerprint density at radius 3 is 2.77 bits per heavy atom. The highest BCUT2D eigenvalue weighted by Crippen LogP contribution is 2.52. The van der Waals surface area contributed by atoms with Crippen LogP contribution in [0.5, 0.6) is 0 Å². The fraction of sp³-hybridized carbons (Fsp3) is 0.647. The van der Waals surface area contributed by atoms with Crippen molar-refractivity contribution in [2.75, 3.05) is 0 Å². The second kappa shape index (κ2) is 5.01. The van der Waals surface area contributed by atoms with E-state index in [4.69, 9.17) is 24.7 Å². The van der Waals surface area contributed by atoms with Crippen LogP contribution >= 0.6 is 0 Å². The quantitative estimate of drug-likeness (QED) is 0.924. The smallest absolute Gasteiger partial charge is 0.201 e. The molecule has 0 radical (unpaired) electrons. The Hall–Kier alpha value is -0.980. The van der Waals surface area contributed by atoms with Crippen LogP contribution in [0.1, 0.15) is 32.3 Å². The monoisotopic (exact) mass is 305 g/mol. The maximum absolute atomic E-state index is 6.23. The fourth-order valence-electron chi connectivity index (χ4n) is 3.84. The van der Waals surface area contributed by atoms with Gasteiger partial charge in [-0.1, -0.05) is 30.3 Å². The highest BCUT2D eigenvalue weighted by molar-refractivity contribution is 5.14. The SMILES string of the molecule is CC1(C)O[C@H]2[C@@H](OCc3ccccc3)[C@H]3O[C@@]2(CC[C@H]3N)O1. The Morgan fingerprint density at radius 1 is 1.23 bits per heavy atom. The molecule has 0 amide bonds. The first kappa shape index (κ1) is 14.6. The number of rotatable bonds is 3. The molecule has 3 fully saturated rings. The van der Waals surface area contributed by atoms with Crippen LogP contribution in [0, 0.1) is 0 Å². The van der Waals surface area contributed by atoms with E-state index in [1.807, 2.05) is 44.2 Å². The molecule has 5 nitrogen and oxygen atoms in total. The summed E-state index contributed by atoms with van der Waals surface area (Å²) in [6.45, 7) is 4.36. The van der Waals surface area contributed by atoms with Gasteiger partial charge in [-0.3, -0.25) is 0 Å². The summed E-state index contributed by atoms with van der Waals surface area (Å²) >= 11 is 0. The third-order valence-electron chi connectivity index (χ3n) is 4.75. The molecule has 0 aromatic heterocycles. The third kappa shape index (κ3) is 2.28. The van der Waals surface area contributed by atoms with Gasteiger partial charge in [0.2, 0.25) is 5.79 Å². The lowest BCUT2D eigenvalue weighted by atomic mass is 10.0. The Kier molecular flexibility index (Phi) is 3.33. The van der Waals surface area contributed by atoms with Crippen molar-refractivity contribution in [3.63, 3.8) is 0 Å². The van der Waals surface area contributed by atoms with Gasteiger partial charge in [0.25, 0.3) is 0 Å². The van der Waals surface area contributed by atoms with Crippen molar-refractivity contribution in [2.24, 2.45) is 5.73 Å². The van der Waals surface area contributed by atoms with Crippen LogP contribution in [0.2, 0.25) is 0 Å². The van der Waals surface area contributed by atoms with E-state index in [0.29, 0.717) is 6.61 Å². The zero-order valence-electron chi connectivity index (χ0n) is 13.0. The van der Waals surface area contributed by atoms with Crippen molar-refractivity contribution in [3.05, 3.63) is 35.9 Å². The van der Waals surface area contributed by atoms with Crippen molar-refractivity contribution >= 4 is 0 Å². The second-order valence-electron chi connectivity index (χ2n) is 6.90. The molecule has 5 heteroatoms. The van der Waals surface area contributed by atoms with Gasteiger partial charge in [0, 0.05) is 12.5 Å². The van der Waals surface area contributed by atoms with Crippen LogP contribution in [0.3, 0.4) is 0 Å². The van der Waals surface area contributed by atoms with Gasteiger partial charge in [-0.05, 0) is 25.8 Å². The number of ether oxygens (including phenoxy) is 4. The largest absolute Gasteiger partial charge is 0.368 e. The van der Waals surface area contributed by atoms with E-state index in [9.17, 15) is 0 Å². The maximum atomic E-state index is 6.23. The van der Waals surface area contributed by atoms with Crippen molar-refractivity contribution < 1.29 is 18.9 Å². The predicted octanol–water partition coefficient (Wildman–Crippen LogP) is 1.94. The van der Waals surface area contributed by atoms with Crippen LogP contribution in [0.4, 0.5) is 0 Å². The van der Waals surface area contributed by atoms with Crippen LogP contribution in [-0.4, -0.2) is 35.9 Å². The molecule has 3 heterocycles. The summed E-state index contributed by atoms with van der Waals surface area (Å²) < 4.78 is 24.5. The number of hydrogen-bond acceptors (Lipinski definition) is 5. The van der Waals surface area contributed by atoms with Gasteiger partial charge in [-0.2, -0.15) is 0 Å². The molecule has 5 atom stereocenters. The molecule has 3 aliphatic rings. The normalized spacial score (nSPS) is 42.3. The van der Waals surface area contributed by atoms with Crippen molar-refractivity contribution in [1.29, 1.82) is 0 Å². The van der Waals surface area contributed by atoms with E-state index in [0.717, 1.165) is 18.4 Å². The Bertz CT molecular complexity index is 549. The maximum Gasteiger partial charge on any atom is 0.201 e. The molecule has 0 aliphatic carbocycles. The van der Waals surface area contributed by atoms with Crippen LogP contribution in [-0.2, 0) is 25.6 Å². The zero-order valence-corrected chi connectivity index (χ0v) is 13.0. The average Bonchev–Trinajstić information content (AvgIpc) is 2.87. The molecule has 0 saturated carbocycles. The van der Waals surface area contributed by atoms with E-state index in [1.54, 1.807) is 0 Å². The predicted molar refractivity (Wildman–Crippen MR) is 79.9 cm³/mol. The third-order valence-corrected chi connectivity index (χ3v) is 4.75. The minimum Gasteiger partial charge on any atom is -0.368 e. The van der Waals surface area contributed by atoms with Gasteiger partial charge in [-0.25, -0.2) is 0 Å². The molecular formula is C17H23NO4. The van der Waals surface area contributed by atoms with E-state index in [1.165, 1.54) is 0 Å². The van der Waals surface area contributed by atoms with Gasteiger partial charge in [0.15, 0.2) is 5.79 Å². The van der Waals surface area contributed by atoms with Crippen LogP contribution < -0.4 is 5.73 Å². The number of nitrogens with two attached hydrogens (primary N) is 1. The summed E-state index contributed by atoms with van der Waals surface area (Å²) in [4.78, 5) is 0. The van der Waals surface area contributed by atoms with Crippen molar-refractivity contribution in [2.45, 2.75) is 69.2 Å². The standard InChI is InChI=1S/C17H23NO4/c1-16(2)21-15-14(19-10-11-6-4-3-5-7-11)13-12(18)8-9-17(15,20-13)22-16/h3-7,12-15H,8-10,18H2,1-2H3/t12-,13+,14+,15+,17+/m1/s1. The highest BCUT2D eigenvalue weighted by atomic mass is 16.9. The van der Waals surface area contributed by atoms with E-state index in [2.05, 4.69) is 0 Å². The summed E-state index contributed by atoms with van der Waals surface area (Å²) in [5.41, 5.74) is 7.36. The first-order valence-electron chi connectivity index (χ1n) is 7.96. The molecule has 3 saturated heterocycles. The topological polar surface area (TPSA) is 62.9 Å². The Labute approximate surface area is 130 Å². The van der Waals surface area contributed by atoms with E-state index < -0.39 is 11.6 Å². The molecule has 2 bridgehead atoms. The van der Waals surface area contributed by atoms with Crippen LogP contribution in [0.25, 0.3) is 0 Å². The molecule has 120 valence electrons. The molecule has 1 aromatic carbocycles. The highest BCUT2D eigenvalue weighted by Gasteiger charge is 2.68. The minimum absolute atomic E-state index is 0.0349. The lowest BCUT2D eigenvalue weighted by Crippen LogP contribution is -2.48. The van der Waals surface area contributed by atoms with Gasteiger partial charge >= 0.3 is 0 Å². The number of benzene rings is 1. The second-order valence-corrected chi connectivity index (χ2v) is 6.90. The van der Waals surface area contributed by atoms with Gasteiger partial charge in [-0.15, -0.1) is 0 Å². The molecule has 3 aliphatic heterocycles. The van der Waals surface area contributed by atoms with Gasteiger partial charge in [0.1, 0.15) is 18.3 Å². The summed E-state index contributed by atoms with van der Waals surface area (Å²) in [6, 6.07) is 10.1. The molecule has 1 spiro atoms. The molecule has 1 aromatic rings. The number of hydrogen-bond donors (Lipinski definition) is 1. The summed E-state index contributed by atoms with van der Waals surface area (Å²) in [5, 5.41) is 0. The van der Waals surface area contributed by atoms with Crippen molar-refractivity contribution in [3.8, 4) is 0 Å². The molecule has 2 N–H and O–H groups in total. The Morgan fingerprint density at radius 2 is 2.00 bits per heavy atom. The molecule has 0 unspecified atom stereocenters. The van der Waals surface area contributed by atoms with Gasteiger partial charge in [0.05, 0.1) is 6.61 Å². The van der Waals surface area contributed by atoms with Gasteiger partial charge < -0.3 is 24.7 Å². The summed E-state index contributed by atoms with van der Waals surface area (Å²) in [7, 11) is 0. The lowest BCUT2D eigenvalue weighted by Gasteiger charge is -2.35. The van der Waals surface area contributed by atoms with E-state index >= 15 is 0 Å². The number of fused-ring (bicyclic) bond motifs is 1. The van der Waals surface area contributed by atoms with E-state index in [-0.39, 0.29) is 24.4 Å². The van der Waals surface area contributed by atoms with Crippen molar-refractivity contribution in [1.82, 2.24) is 0 Å². The Balaban J connectivity index is 1.55. The summed E-state index contributed by atoms with van der Waals surface area (Å²) in [5.74, 6) is -1.34. The summed E-state index contributed by atoms with van der Waals surface area (Å²) in [6.07, 6.45) is 1.04.